The molecule has 0 fully saturated rings. The topological polar surface area (TPSA) is 23.5 Å². The Balaban J connectivity index is 2.97. The molecule has 72 valence electrons. The van der Waals surface area contributed by atoms with Crippen molar-refractivity contribution in [3.8, 4) is 0 Å². The molecule has 0 spiro atoms. The van der Waals surface area contributed by atoms with Gasteiger partial charge in [0.15, 0.2) is 0 Å². The Bertz CT molecular complexity index is 275. The lowest BCUT2D eigenvalue weighted by molar-refractivity contribution is 0.171. The maximum absolute atomic E-state index is 9.17. The summed E-state index contributed by atoms with van der Waals surface area (Å²) in [5, 5.41) is 9.88. The number of nitrogens with zero attached hydrogens (tertiary/aromatic N) is 1. The molecule has 0 bridgehead atoms. The van der Waals surface area contributed by atoms with Crippen molar-refractivity contribution in [1.29, 1.82) is 0 Å². The summed E-state index contributed by atoms with van der Waals surface area (Å²) < 4.78 is 0. The van der Waals surface area contributed by atoms with Crippen LogP contribution < -0.4 is 0 Å². The van der Waals surface area contributed by atoms with Crippen LogP contribution in [-0.2, 0) is 0 Å². The lowest BCUT2D eigenvalue weighted by Crippen LogP contribution is -2.23. The van der Waals surface area contributed by atoms with E-state index in [2.05, 4.69) is 0 Å². The molecular formula is C10H14ClNO. The van der Waals surface area contributed by atoms with Crippen molar-refractivity contribution < 1.29 is 5.11 Å². The van der Waals surface area contributed by atoms with Gasteiger partial charge in [-0.1, -0.05) is 29.8 Å². The van der Waals surface area contributed by atoms with Crippen LogP contribution in [0.1, 0.15) is 11.6 Å². The normalized spacial score (nSPS) is 13.3. The van der Waals surface area contributed by atoms with Gasteiger partial charge in [0.05, 0.1) is 12.6 Å². The van der Waals surface area contributed by atoms with Crippen molar-refractivity contribution in [3.63, 3.8) is 0 Å². The van der Waals surface area contributed by atoms with Gasteiger partial charge in [-0.05, 0) is 25.7 Å². The van der Waals surface area contributed by atoms with Crippen molar-refractivity contribution in [2.24, 2.45) is 0 Å². The Morgan fingerprint density at radius 2 is 2.00 bits per heavy atom. The molecule has 0 aliphatic rings. The van der Waals surface area contributed by atoms with Crippen LogP contribution >= 0.6 is 11.6 Å². The Hall–Kier alpha value is -0.570. The Labute approximate surface area is 83.7 Å². The summed E-state index contributed by atoms with van der Waals surface area (Å²) in [5.41, 5.74) is 0.969. The van der Waals surface area contributed by atoms with Gasteiger partial charge in [-0.25, -0.2) is 0 Å². The van der Waals surface area contributed by atoms with Gasteiger partial charge in [-0.2, -0.15) is 0 Å². The van der Waals surface area contributed by atoms with E-state index in [1.807, 2.05) is 43.3 Å². The molecule has 1 N–H and O–H groups in total. The van der Waals surface area contributed by atoms with Crippen LogP contribution in [0.3, 0.4) is 0 Å². The van der Waals surface area contributed by atoms with Crippen LogP contribution in [0.5, 0.6) is 0 Å². The molecule has 1 atom stereocenters. The molecular weight excluding hydrogens is 186 g/mol. The first-order chi connectivity index (χ1) is 6.16. The second-order valence-electron chi connectivity index (χ2n) is 3.18. The van der Waals surface area contributed by atoms with Gasteiger partial charge in [0, 0.05) is 5.02 Å². The van der Waals surface area contributed by atoms with Crippen LogP contribution in [0.15, 0.2) is 24.3 Å². The first kappa shape index (κ1) is 10.5. The maximum atomic E-state index is 9.17. The van der Waals surface area contributed by atoms with Gasteiger partial charge >= 0.3 is 0 Å². The number of aliphatic hydroxyl groups excluding tert-OH is 1. The number of rotatable bonds is 3. The molecule has 0 unspecified atom stereocenters. The zero-order valence-corrected chi connectivity index (χ0v) is 8.62. The van der Waals surface area contributed by atoms with Crippen molar-refractivity contribution in [2.75, 3.05) is 20.7 Å². The van der Waals surface area contributed by atoms with E-state index in [1.165, 1.54) is 0 Å². The van der Waals surface area contributed by atoms with E-state index >= 15 is 0 Å². The molecule has 0 aliphatic heterocycles. The SMILES string of the molecule is CN(C)[C@@H](CO)c1ccccc1Cl. The molecule has 1 aromatic carbocycles. The molecule has 0 aliphatic carbocycles. The maximum Gasteiger partial charge on any atom is 0.0628 e. The zero-order chi connectivity index (χ0) is 9.84. The van der Waals surface area contributed by atoms with Crippen molar-refractivity contribution in [2.45, 2.75) is 6.04 Å². The fourth-order valence-electron chi connectivity index (χ4n) is 1.29. The molecule has 3 heteroatoms. The zero-order valence-electron chi connectivity index (χ0n) is 7.87. The van der Waals surface area contributed by atoms with Gasteiger partial charge in [0.25, 0.3) is 0 Å². The molecule has 0 heterocycles. The third-order valence-corrected chi connectivity index (χ3v) is 2.40. The third kappa shape index (κ3) is 2.44. The molecule has 13 heavy (non-hydrogen) atoms. The third-order valence-electron chi connectivity index (χ3n) is 2.06. The monoisotopic (exact) mass is 199 g/mol. The first-order valence-electron chi connectivity index (χ1n) is 4.18. The Morgan fingerprint density at radius 1 is 1.38 bits per heavy atom. The van der Waals surface area contributed by atoms with Crippen molar-refractivity contribution in [1.82, 2.24) is 4.90 Å². The molecule has 0 aromatic heterocycles. The van der Waals surface area contributed by atoms with Gasteiger partial charge < -0.3 is 10.0 Å². The number of likely N-dealkylation sites (N-methyl/N-ethyl adjacent to an activating group) is 1. The predicted molar refractivity (Wildman–Crippen MR) is 55.0 cm³/mol. The standard InChI is InChI=1S/C10H14ClNO/c1-12(2)10(7-13)8-5-3-4-6-9(8)11/h3-6,10,13H,7H2,1-2H3/t10-/m0/s1. The predicted octanol–water partition coefficient (Wildman–Crippen LogP) is 1.93. The molecule has 0 saturated heterocycles. The molecule has 0 amide bonds. The number of hydrogen-bond acceptors (Lipinski definition) is 2. The second-order valence-corrected chi connectivity index (χ2v) is 3.59. The Morgan fingerprint density at radius 3 is 2.46 bits per heavy atom. The summed E-state index contributed by atoms with van der Waals surface area (Å²) in [4.78, 5) is 1.95. The summed E-state index contributed by atoms with van der Waals surface area (Å²) in [5.74, 6) is 0. The van der Waals surface area contributed by atoms with Crippen LogP contribution in [0, 0.1) is 0 Å². The second kappa shape index (κ2) is 4.61. The van der Waals surface area contributed by atoms with Gasteiger partial charge in [-0.15, -0.1) is 0 Å². The van der Waals surface area contributed by atoms with E-state index in [4.69, 9.17) is 11.6 Å². The largest absolute Gasteiger partial charge is 0.394 e. The molecule has 1 aromatic rings. The van der Waals surface area contributed by atoms with Crippen molar-refractivity contribution >= 4 is 11.6 Å². The van der Waals surface area contributed by atoms with E-state index in [-0.39, 0.29) is 12.6 Å². The number of aliphatic hydroxyl groups is 1. The number of hydrogen-bond donors (Lipinski definition) is 1. The molecule has 1 rings (SSSR count). The summed E-state index contributed by atoms with van der Waals surface area (Å²) in [6.45, 7) is 0.0801. The number of benzene rings is 1. The lowest BCUT2D eigenvalue weighted by atomic mass is 10.1. The quantitative estimate of drug-likeness (QED) is 0.805. The summed E-state index contributed by atoms with van der Waals surface area (Å²) in [6.07, 6.45) is 0. The van der Waals surface area contributed by atoms with Crippen molar-refractivity contribution in [3.05, 3.63) is 34.9 Å². The summed E-state index contributed by atoms with van der Waals surface area (Å²) >= 11 is 6.00. The average molecular weight is 200 g/mol. The van der Waals surface area contributed by atoms with Gasteiger partial charge in [0.1, 0.15) is 0 Å². The molecule has 0 saturated carbocycles. The van der Waals surface area contributed by atoms with Crippen LogP contribution in [0.25, 0.3) is 0 Å². The van der Waals surface area contributed by atoms with Crippen LogP contribution in [0.4, 0.5) is 0 Å². The van der Waals surface area contributed by atoms with Gasteiger partial charge in [0.2, 0.25) is 0 Å². The van der Waals surface area contributed by atoms with E-state index in [9.17, 15) is 5.11 Å². The first-order valence-corrected chi connectivity index (χ1v) is 4.56. The minimum absolute atomic E-state index is 0.0197. The fraction of sp³-hybridized carbons (Fsp3) is 0.400. The number of halogens is 1. The van der Waals surface area contributed by atoms with Crippen LogP contribution in [0.2, 0.25) is 5.02 Å². The van der Waals surface area contributed by atoms with Crippen LogP contribution in [-0.4, -0.2) is 30.7 Å². The minimum Gasteiger partial charge on any atom is -0.394 e. The fourth-order valence-corrected chi connectivity index (χ4v) is 1.55. The smallest absolute Gasteiger partial charge is 0.0628 e. The molecule has 0 radical (unpaired) electrons. The lowest BCUT2D eigenvalue weighted by Gasteiger charge is -2.23. The van der Waals surface area contributed by atoms with E-state index in [0.717, 1.165) is 5.56 Å². The van der Waals surface area contributed by atoms with Gasteiger partial charge in [-0.3, -0.25) is 0 Å². The highest BCUT2D eigenvalue weighted by Crippen LogP contribution is 2.25. The highest BCUT2D eigenvalue weighted by Gasteiger charge is 2.14. The highest BCUT2D eigenvalue weighted by atomic mass is 35.5. The van der Waals surface area contributed by atoms with E-state index < -0.39 is 0 Å². The highest BCUT2D eigenvalue weighted by molar-refractivity contribution is 6.31. The van der Waals surface area contributed by atoms with E-state index in [1.54, 1.807) is 0 Å². The van der Waals surface area contributed by atoms with E-state index in [0.29, 0.717) is 5.02 Å². The summed E-state index contributed by atoms with van der Waals surface area (Å²) in [7, 11) is 3.84. The Kier molecular flexibility index (Phi) is 3.72. The minimum atomic E-state index is -0.0197. The average Bonchev–Trinajstić information content (AvgIpc) is 2.09. The summed E-state index contributed by atoms with van der Waals surface area (Å²) in [6, 6.07) is 7.56. The molecule has 2 nitrogen and oxygen atoms in total.